The predicted octanol–water partition coefficient (Wildman–Crippen LogP) is 3.32. The number of pyridine rings is 2. The van der Waals surface area contributed by atoms with Gasteiger partial charge in [-0.05, 0) is 86.0 Å². The van der Waals surface area contributed by atoms with Gasteiger partial charge >= 0.3 is 0 Å². The van der Waals surface area contributed by atoms with Crippen LogP contribution in [0.5, 0.6) is 0 Å². The molecular weight excluding hydrogens is 563 g/mol. The minimum Gasteiger partial charge on any atom is -0.352 e. The summed E-state index contributed by atoms with van der Waals surface area (Å²) >= 11 is 12.0. The number of hydrazine groups is 1. The fourth-order valence-corrected chi connectivity index (χ4v) is 5.58. The number of nitrogens with zero attached hydrogens (tertiary/aromatic N) is 4. The van der Waals surface area contributed by atoms with Crippen LogP contribution in [0.2, 0.25) is 5.02 Å². The van der Waals surface area contributed by atoms with Crippen molar-refractivity contribution in [1.29, 1.82) is 0 Å². The highest BCUT2D eigenvalue weighted by Crippen LogP contribution is 2.32. The summed E-state index contributed by atoms with van der Waals surface area (Å²) in [6.45, 7) is 5.81. The van der Waals surface area contributed by atoms with Gasteiger partial charge in [-0.15, -0.1) is 0 Å². The van der Waals surface area contributed by atoms with Crippen molar-refractivity contribution in [3.63, 3.8) is 0 Å². The molecule has 1 fully saturated rings. The Morgan fingerprint density at radius 2 is 1.88 bits per heavy atom. The first-order valence-electron chi connectivity index (χ1n) is 13.8. The molecule has 41 heavy (non-hydrogen) atoms. The number of hydrogen-bond acceptors (Lipinski definition) is 7. The predicted molar refractivity (Wildman–Crippen MR) is 163 cm³/mol. The van der Waals surface area contributed by atoms with E-state index < -0.39 is 0 Å². The van der Waals surface area contributed by atoms with Gasteiger partial charge in [0.2, 0.25) is 0 Å². The Morgan fingerprint density at radius 3 is 2.66 bits per heavy atom. The summed E-state index contributed by atoms with van der Waals surface area (Å²) in [6.07, 6.45) is 7.51. The number of likely N-dealkylation sites (N-methyl/N-ethyl adjacent to an activating group) is 1. The minimum absolute atomic E-state index is 0.221. The lowest BCUT2D eigenvalue weighted by Gasteiger charge is -2.32. The number of nitrogens with one attached hydrogen (secondary N) is 4. The smallest absolute Gasteiger partial charge is 0.252 e. The Kier molecular flexibility index (Phi) is 9.60. The second-order valence-corrected chi connectivity index (χ2v) is 11.2. The van der Waals surface area contributed by atoms with E-state index in [1.54, 1.807) is 24.5 Å². The molecule has 216 valence electrons. The maximum atomic E-state index is 14.2. The summed E-state index contributed by atoms with van der Waals surface area (Å²) < 4.78 is 14.2. The van der Waals surface area contributed by atoms with Crippen molar-refractivity contribution in [1.82, 2.24) is 35.8 Å². The SMILES string of the molecule is CN1CCN(CCCNC(=O)c2cnc(NNC(=S)NC3c4cnccc4CCc4ccc(F)cc43)c(Cl)c2)CC1. The van der Waals surface area contributed by atoms with Gasteiger partial charge in [-0.25, -0.2) is 9.37 Å². The number of rotatable bonds is 8. The summed E-state index contributed by atoms with van der Waals surface area (Å²) in [5.74, 6) is -0.215. The van der Waals surface area contributed by atoms with Crippen molar-refractivity contribution in [2.45, 2.75) is 25.3 Å². The maximum absolute atomic E-state index is 14.2. The summed E-state index contributed by atoms with van der Waals surface area (Å²) in [4.78, 5) is 25.9. The van der Waals surface area contributed by atoms with E-state index in [9.17, 15) is 9.18 Å². The van der Waals surface area contributed by atoms with Gasteiger partial charge in [0.05, 0.1) is 16.6 Å². The van der Waals surface area contributed by atoms with Crippen molar-refractivity contribution in [3.05, 3.63) is 87.6 Å². The third-order valence-electron chi connectivity index (χ3n) is 7.55. The van der Waals surface area contributed by atoms with E-state index in [0.29, 0.717) is 17.9 Å². The topological polar surface area (TPSA) is 97.5 Å². The van der Waals surface area contributed by atoms with Gasteiger partial charge < -0.3 is 20.4 Å². The number of aromatic nitrogens is 2. The second-order valence-electron chi connectivity index (χ2n) is 10.4. The molecule has 0 radical (unpaired) electrons. The summed E-state index contributed by atoms with van der Waals surface area (Å²) in [6, 6.07) is 8.00. The highest BCUT2D eigenvalue weighted by atomic mass is 35.5. The number of carbonyl (C=O) groups excluding carboxylic acids is 1. The first-order valence-corrected chi connectivity index (χ1v) is 14.5. The zero-order chi connectivity index (χ0) is 28.8. The Hall–Kier alpha value is -3.38. The number of piperazine rings is 1. The first-order chi connectivity index (χ1) is 19.9. The Morgan fingerprint density at radius 1 is 1.10 bits per heavy atom. The van der Waals surface area contributed by atoms with Gasteiger partial charge in [0.1, 0.15) is 5.82 Å². The fraction of sp³-hybridized carbons (Fsp3) is 0.379. The van der Waals surface area contributed by atoms with Crippen LogP contribution in [0, 0.1) is 5.82 Å². The van der Waals surface area contributed by atoms with Crippen molar-refractivity contribution >= 4 is 40.7 Å². The standard InChI is InChI=1S/C29H34ClFN8OS/c1-38-11-13-39(14-12-38)10-2-8-33-28(40)21-15-25(30)27(34-17-21)36-37-29(41)35-26-23-16-22(31)6-5-19(23)3-4-20-7-9-32-18-24(20)26/h5-7,9,15-18,26H,2-4,8,10-14H2,1H3,(H,33,40)(H,34,36)(H2,35,37,41). The highest BCUT2D eigenvalue weighted by Gasteiger charge is 2.25. The zero-order valence-electron chi connectivity index (χ0n) is 22.9. The van der Waals surface area contributed by atoms with Crippen LogP contribution in [0.15, 0.2) is 48.9 Å². The number of benzene rings is 1. The van der Waals surface area contributed by atoms with Crippen LogP contribution in [-0.2, 0) is 12.8 Å². The lowest BCUT2D eigenvalue weighted by atomic mass is 9.96. The molecule has 3 heterocycles. The lowest BCUT2D eigenvalue weighted by molar-refractivity contribution is 0.0949. The minimum atomic E-state index is -0.389. The van der Waals surface area contributed by atoms with Crippen LogP contribution >= 0.6 is 23.8 Å². The summed E-state index contributed by atoms with van der Waals surface area (Å²) in [5.41, 5.74) is 10.1. The van der Waals surface area contributed by atoms with Crippen LogP contribution in [0.3, 0.4) is 0 Å². The molecule has 0 saturated carbocycles. The Labute approximate surface area is 249 Å². The Bertz CT molecular complexity index is 1400. The van der Waals surface area contributed by atoms with Crippen molar-refractivity contribution in [2.24, 2.45) is 0 Å². The quantitative estimate of drug-likeness (QED) is 0.177. The third-order valence-corrected chi connectivity index (χ3v) is 8.05. The molecule has 1 amide bonds. The molecule has 12 heteroatoms. The molecule has 1 unspecified atom stereocenters. The van der Waals surface area contributed by atoms with Crippen LogP contribution in [0.4, 0.5) is 10.2 Å². The van der Waals surface area contributed by atoms with Crippen molar-refractivity contribution in [2.75, 3.05) is 51.7 Å². The van der Waals surface area contributed by atoms with E-state index in [-0.39, 0.29) is 27.9 Å². The molecular formula is C29H34ClFN8OS. The molecule has 2 aromatic heterocycles. The molecule has 5 rings (SSSR count). The average molecular weight is 597 g/mol. The van der Waals surface area contributed by atoms with Crippen molar-refractivity contribution < 1.29 is 9.18 Å². The number of thiocarbonyl (C=S) groups is 1. The molecule has 1 atom stereocenters. The summed E-state index contributed by atoms with van der Waals surface area (Å²) in [5, 5.41) is 6.76. The number of carbonyl (C=O) groups is 1. The fourth-order valence-electron chi connectivity index (χ4n) is 5.19. The van der Waals surface area contributed by atoms with Gasteiger partial charge in [0.25, 0.3) is 5.91 Å². The molecule has 1 saturated heterocycles. The molecule has 1 aliphatic heterocycles. The molecule has 0 bridgehead atoms. The number of halogens is 2. The monoisotopic (exact) mass is 596 g/mol. The van der Waals surface area contributed by atoms with E-state index in [1.807, 2.05) is 12.1 Å². The number of anilines is 1. The largest absolute Gasteiger partial charge is 0.352 e. The van der Waals surface area contributed by atoms with E-state index >= 15 is 0 Å². The van der Waals surface area contributed by atoms with E-state index in [0.717, 1.165) is 74.2 Å². The van der Waals surface area contributed by atoms with E-state index in [2.05, 4.69) is 48.3 Å². The number of fused-ring (bicyclic) bond motifs is 2. The normalized spacial score (nSPS) is 17.1. The van der Waals surface area contributed by atoms with Crippen LogP contribution in [-0.4, -0.2) is 77.1 Å². The van der Waals surface area contributed by atoms with Gasteiger partial charge in [-0.3, -0.25) is 20.6 Å². The molecule has 1 aromatic carbocycles. The molecule has 0 spiro atoms. The van der Waals surface area contributed by atoms with Gasteiger partial charge in [-0.1, -0.05) is 17.7 Å². The van der Waals surface area contributed by atoms with E-state index in [1.165, 1.54) is 12.3 Å². The van der Waals surface area contributed by atoms with Crippen molar-refractivity contribution in [3.8, 4) is 0 Å². The van der Waals surface area contributed by atoms with Gasteiger partial charge in [-0.2, -0.15) is 0 Å². The van der Waals surface area contributed by atoms with Gasteiger partial charge in [0.15, 0.2) is 10.9 Å². The van der Waals surface area contributed by atoms with E-state index in [4.69, 9.17) is 23.8 Å². The number of hydrogen-bond donors (Lipinski definition) is 4. The van der Waals surface area contributed by atoms with Crippen LogP contribution < -0.4 is 21.5 Å². The number of aryl methyl sites for hydroxylation is 2. The third kappa shape index (κ3) is 7.48. The van der Waals surface area contributed by atoms with Gasteiger partial charge in [0, 0.05) is 56.9 Å². The second kappa shape index (κ2) is 13.5. The number of amides is 1. The molecule has 9 nitrogen and oxygen atoms in total. The summed E-state index contributed by atoms with van der Waals surface area (Å²) in [7, 11) is 2.14. The van der Waals surface area contributed by atoms with Crippen LogP contribution in [0.1, 0.15) is 45.1 Å². The molecule has 4 N–H and O–H groups in total. The molecule has 1 aliphatic carbocycles. The maximum Gasteiger partial charge on any atom is 0.252 e. The lowest BCUT2D eigenvalue weighted by Crippen LogP contribution is -2.45. The zero-order valence-corrected chi connectivity index (χ0v) is 24.5. The molecule has 3 aromatic rings. The highest BCUT2D eigenvalue weighted by molar-refractivity contribution is 7.80. The average Bonchev–Trinajstić information content (AvgIpc) is 3.12. The first kappa shape index (κ1) is 29.1. The molecule has 2 aliphatic rings. The Balaban J connectivity index is 1.15. The van der Waals surface area contributed by atoms with Crippen LogP contribution in [0.25, 0.3) is 0 Å².